The maximum Gasteiger partial charge on any atom is 0.321 e. The number of amides is 3. The van der Waals surface area contributed by atoms with Gasteiger partial charge in [0.2, 0.25) is 5.91 Å². The zero-order chi connectivity index (χ0) is 16.0. The van der Waals surface area contributed by atoms with Gasteiger partial charge in [0.1, 0.15) is 0 Å². The molecule has 0 spiro atoms. The van der Waals surface area contributed by atoms with Crippen molar-refractivity contribution in [3.63, 3.8) is 0 Å². The Kier molecular flexibility index (Phi) is 6.17. The number of nitrogens with zero attached hydrogens (tertiary/aromatic N) is 1. The Morgan fingerprint density at radius 2 is 1.95 bits per heavy atom. The molecule has 116 valence electrons. The van der Waals surface area contributed by atoms with E-state index in [-0.39, 0.29) is 17.9 Å². The van der Waals surface area contributed by atoms with Crippen LogP contribution in [-0.2, 0) is 11.3 Å². The van der Waals surface area contributed by atoms with Crippen molar-refractivity contribution >= 4 is 17.6 Å². The summed E-state index contributed by atoms with van der Waals surface area (Å²) in [7, 11) is 3.35. The van der Waals surface area contributed by atoms with Gasteiger partial charge in [0.25, 0.3) is 0 Å². The van der Waals surface area contributed by atoms with Crippen LogP contribution < -0.4 is 16.4 Å². The van der Waals surface area contributed by atoms with Crippen molar-refractivity contribution in [2.45, 2.75) is 26.4 Å². The molecule has 0 saturated carbocycles. The fourth-order valence-electron chi connectivity index (χ4n) is 1.60. The SMILES string of the molecule is CC(C)[C@H](N)C(=O)NCc1cccc(NC(=O)N(C)C)c1. The number of urea groups is 1. The molecule has 0 bridgehead atoms. The Morgan fingerprint density at radius 1 is 1.29 bits per heavy atom. The third-order valence-electron chi connectivity index (χ3n) is 3.07. The lowest BCUT2D eigenvalue weighted by Crippen LogP contribution is -2.43. The highest BCUT2D eigenvalue weighted by Crippen LogP contribution is 2.11. The maximum absolute atomic E-state index is 11.8. The molecule has 0 aliphatic rings. The minimum Gasteiger partial charge on any atom is -0.351 e. The summed E-state index contributed by atoms with van der Waals surface area (Å²) in [5.74, 6) is -0.0801. The van der Waals surface area contributed by atoms with E-state index >= 15 is 0 Å². The third-order valence-corrected chi connectivity index (χ3v) is 3.07. The molecule has 0 heterocycles. The summed E-state index contributed by atoms with van der Waals surface area (Å²) in [6, 6.07) is 6.62. The van der Waals surface area contributed by atoms with E-state index in [2.05, 4.69) is 10.6 Å². The van der Waals surface area contributed by atoms with Gasteiger partial charge in [0.15, 0.2) is 0 Å². The first-order chi connectivity index (χ1) is 9.81. The molecule has 6 nitrogen and oxygen atoms in total. The van der Waals surface area contributed by atoms with Gasteiger partial charge in [-0.3, -0.25) is 4.79 Å². The fraction of sp³-hybridized carbons (Fsp3) is 0.467. The van der Waals surface area contributed by atoms with E-state index in [9.17, 15) is 9.59 Å². The van der Waals surface area contributed by atoms with Crippen LogP contribution in [0.5, 0.6) is 0 Å². The predicted molar refractivity (Wildman–Crippen MR) is 83.8 cm³/mol. The van der Waals surface area contributed by atoms with Crippen LogP contribution in [0.3, 0.4) is 0 Å². The maximum atomic E-state index is 11.8. The normalized spacial score (nSPS) is 11.9. The number of rotatable bonds is 5. The van der Waals surface area contributed by atoms with E-state index in [1.165, 1.54) is 4.90 Å². The van der Waals surface area contributed by atoms with Gasteiger partial charge < -0.3 is 21.3 Å². The number of nitrogens with one attached hydrogen (secondary N) is 2. The van der Waals surface area contributed by atoms with E-state index < -0.39 is 6.04 Å². The van der Waals surface area contributed by atoms with Crippen LogP contribution in [0.25, 0.3) is 0 Å². The highest BCUT2D eigenvalue weighted by atomic mass is 16.2. The molecule has 4 N–H and O–H groups in total. The van der Waals surface area contributed by atoms with E-state index in [1.807, 2.05) is 32.0 Å². The van der Waals surface area contributed by atoms with Gasteiger partial charge in [0, 0.05) is 26.3 Å². The van der Waals surface area contributed by atoms with Crippen molar-refractivity contribution in [3.05, 3.63) is 29.8 Å². The highest BCUT2D eigenvalue weighted by Gasteiger charge is 2.16. The quantitative estimate of drug-likeness (QED) is 0.766. The minimum absolute atomic E-state index is 0.0933. The third kappa shape index (κ3) is 5.43. The first-order valence-corrected chi connectivity index (χ1v) is 6.91. The Balaban J connectivity index is 2.61. The van der Waals surface area contributed by atoms with E-state index in [1.54, 1.807) is 20.2 Å². The number of carbonyl (C=O) groups is 2. The Bertz CT molecular complexity index is 500. The number of carbonyl (C=O) groups excluding carboxylic acids is 2. The lowest BCUT2D eigenvalue weighted by Gasteiger charge is -2.16. The summed E-state index contributed by atoms with van der Waals surface area (Å²) in [5.41, 5.74) is 7.37. The molecule has 0 fully saturated rings. The lowest BCUT2D eigenvalue weighted by molar-refractivity contribution is -0.123. The molecule has 0 aromatic heterocycles. The van der Waals surface area contributed by atoms with Crippen molar-refractivity contribution < 1.29 is 9.59 Å². The second-order valence-corrected chi connectivity index (χ2v) is 5.51. The topological polar surface area (TPSA) is 87.5 Å². The molecule has 0 unspecified atom stereocenters. The Hall–Kier alpha value is -2.08. The van der Waals surface area contributed by atoms with E-state index in [0.717, 1.165) is 5.56 Å². The largest absolute Gasteiger partial charge is 0.351 e. The van der Waals surface area contributed by atoms with Gasteiger partial charge in [-0.2, -0.15) is 0 Å². The summed E-state index contributed by atoms with van der Waals surface area (Å²) in [6.45, 7) is 4.19. The van der Waals surface area contributed by atoms with Crippen molar-refractivity contribution in [1.82, 2.24) is 10.2 Å². The number of hydrogen-bond donors (Lipinski definition) is 3. The molecule has 0 aliphatic carbocycles. The predicted octanol–water partition coefficient (Wildman–Crippen LogP) is 1.38. The van der Waals surface area contributed by atoms with Crippen molar-refractivity contribution in [3.8, 4) is 0 Å². The van der Waals surface area contributed by atoms with Crippen LogP contribution in [0.1, 0.15) is 19.4 Å². The van der Waals surface area contributed by atoms with Crippen molar-refractivity contribution in [2.24, 2.45) is 11.7 Å². The Morgan fingerprint density at radius 3 is 2.52 bits per heavy atom. The second kappa shape index (κ2) is 7.64. The molecule has 0 radical (unpaired) electrons. The molecular weight excluding hydrogens is 268 g/mol. The minimum atomic E-state index is -0.512. The molecule has 6 heteroatoms. The van der Waals surface area contributed by atoms with Crippen molar-refractivity contribution in [1.29, 1.82) is 0 Å². The summed E-state index contributed by atoms with van der Waals surface area (Å²) in [4.78, 5) is 24.8. The number of anilines is 1. The average molecular weight is 292 g/mol. The summed E-state index contributed by atoms with van der Waals surface area (Å²) in [5, 5.41) is 5.56. The van der Waals surface area contributed by atoms with Gasteiger partial charge in [-0.1, -0.05) is 26.0 Å². The van der Waals surface area contributed by atoms with Gasteiger partial charge in [-0.05, 0) is 23.6 Å². The molecule has 1 rings (SSSR count). The smallest absolute Gasteiger partial charge is 0.321 e. The molecule has 1 aromatic rings. The second-order valence-electron chi connectivity index (χ2n) is 5.51. The van der Waals surface area contributed by atoms with Gasteiger partial charge in [-0.25, -0.2) is 4.79 Å². The summed E-state index contributed by atoms with van der Waals surface area (Å²) >= 11 is 0. The van der Waals surface area contributed by atoms with Crippen LogP contribution >= 0.6 is 0 Å². The zero-order valence-electron chi connectivity index (χ0n) is 13.0. The van der Waals surface area contributed by atoms with Gasteiger partial charge >= 0.3 is 6.03 Å². The highest BCUT2D eigenvalue weighted by molar-refractivity contribution is 5.89. The van der Waals surface area contributed by atoms with Crippen LogP contribution in [0, 0.1) is 5.92 Å². The number of benzene rings is 1. The first-order valence-electron chi connectivity index (χ1n) is 6.91. The molecule has 0 aliphatic heterocycles. The summed E-state index contributed by atoms with van der Waals surface area (Å²) < 4.78 is 0. The average Bonchev–Trinajstić information content (AvgIpc) is 2.44. The molecule has 0 saturated heterocycles. The van der Waals surface area contributed by atoms with Gasteiger partial charge in [0.05, 0.1) is 6.04 Å². The number of hydrogen-bond acceptors (Lipinski definition) is 3. The van der Waals surface area contributed by atoms with E-state index in [4.69, 9.17) is 5.73 Å². The molecule has 3 amide bonds. The monoisotopic (exact) mass is 292 g/mol. The molecule has 21 heavy (non-hydrogen) atoms. The lowest BCUT2D eigenvalue weighted by atomic mass is 10.0. The zero-order valence-corrected chi connectivity index (χ0v) is 13.0. The van der Waals surface area contributed by atoms with Crippen LogP contribution in [0.15, 0.2) is 24.3 Å². The summed E-state index contributed by atoms with van der Waals surface area (Å²) in [6.07, 6.45) is 0. The van der Waals surface area contributed by atoms with E-state index in [0.29, 0.717) is 12.2 Å². The molecular formula is C15H24N4O2. The molecule has 1 atom stereocenters. The van der Waals surface area contributed by atoms with Crippen molar-refractivity contribution in [2.75, 3.05) is 19.4 Å². The van der Waals surface area contributed by atoms with Crippen LogP contribution in [0.4, 0.5) is 10.5 Å². The Labute approximate surface area is 125 Å². The molecule has 1 aromatic carbocycles. The number of nitrogens with two attached hydrogens (primary N) is 1. The van der Waals surface area contributed by atoms with Gasteiger partial charge in [-0.15, -0.1) is 0 Å². The van der Waals surface area contributed by atoms with Crippen LogP contribution in [-0.4, -0.2) is 37.0 Å². The standard InChI is InChI=1S/C15H24N4O2/c1-10(2)13(16)14(20)17-9-11-6-5-7-12(8-11)18-15(21)19(3)4/h5-8,10,13H,9,16H2,1-4H3,(H,17,20)(H,18,21)/t13-/m0/s1. The first kappa shape index (κ1) is 17.0. The van der Waals surface area contributed by atoms with Crippen LogP contribution in [0.2, 0.25) is 0 Å². The fourth-order valence-corrected chi connectivity index (χ4v) is 1.60.